The Bertz CT molecular complexity index is 385. The SMILES string of the molecule is C=CN(CC(O)CO)CC1COC2(CCC(C(C)(C)C)CC2)O1. The minimum atomic E-state index is -0.758. The monoisotopic (exact) mass is 327 g/mol. The molecule has 1 saturated carbocycles. The molecule has 5 nitrogen and oxygen atoms in total. The summed E-state index contributed by atoms with van der Waals surface area (Å²) in [4.78, 5) is 1.88. The fraction of sp³-hybridized carbons (Fsp3) is 0.889. The Labute approximate surface area is 140 Å². The lowest BCUT2D eigenvalue weighted by atomic mass is 9.71. The average molecular weight is 327 g/mol. The first-order valence-electron chi connectivity index (χ1n) is 8.75. The number of hydrogen-bond donors (Lipinski definition) is 2. The molecule has 23 heavy (non-hydrogen) atoms. The van der Waals surface area contributed by atoms with E-state index >= 15 is 0 Å². The number of rotatable bonds is 6. The van der Waals surface area contributed by atoms with Crippen molar-refractivity contribution in [2.24, 2.45) is 11.3 Å². The molecule has 5 heteroatoms. The van der Waals surface area contributed by atoms with Gasteiger partial charge in [0.15, 0.2) is 5.79 Å². The molecular formula is C18H33NO4. The van der Waals surface area contributed by atoms with Gasteiger partial charge in [-0.2, -0.15) is 0 Å². The van der Waals surface area contributed by atoms with Crippen LogP contribution in [0.4, 0.5) is 0 Å². The van der Waals surface area contributed by atoms with Crippen LogP contribution in [0.25, 0.3) is 0 Å². The van der Waals surface area contributed by atoms with Crippen LogP contribution in [-0.4, -0.2) is 59.4 Å². The molecule has 2 unspecified atom stereocenters. The largest absolute Gasteiger partial charge is 0.394 e. The summed E-state index contributed by atoms with van der Waals surface area (Å²) in [5.74, 6) is 0.318. The third-order valence-corrected chi connectivity index (χ3v) is 5.24. The van der Waals surface area contributed by atoms with Gasteiger partial charge < -0.3 is 24.6 Å². The molecule has 2 aliphatic rings. The second-order valence-corrected chi connectivity index (χ2v) is 8.07. The van der Waals surface area contributed by atoms with Crippen molar-refractivity contribution in [3.8, 4) is 0 Å². The quantitative estimate of drug-likeness (QED) is 0.782. The van der Waals surface area contributed by atoms with Gasteiger partial charge >= 0.3 is 0 Å². The zero-order valence-electron chi connectivity index (χ0n) is 14.8. The molecule has 134 valence electrons. The first kappa shape index (κ1) is 18.7. The molecule has 0 aromatic carbocycles. The minimum Gasteiger partial charge on any atom is -0.394 e. The molecule has 0 bridgehead atoms. The van der Waals surface area contributed by atoms with Crippen molar-refractivity contribution < 1.29 is 19.7 Å². The Kier molecular flexibility index (Phi) is 6.11. The Morgan fingerprint density at radius 1 is 1.35 bits per heavy atom. The van der Waals surface area contributed by atoms with Crippen LogP contribution in [-0.2, 0) is 9.47 Å². The van der Waals surface area contributed by atoms with Gasteiger partial charge in [-0.05, 0) is 30.4 Å². The third kappa shape index (κ3) is 4.92. The summed E-state index contributed by atoms with van der Waals surface area (Å²) in [5, 5.41) is 18.5. The highest BCUT2D eigenvalue weighted by molar-refractivity contribution is 4.90. The van der Waals surface area contributed by atoms with Crippen molar-refractivity contribution in [2.45, 2.75) is 64.4 Å². The summed E-state index contributed by atoms with van der Waals surface area (Å²) >= 11 is 0. The summed E-state index contributed by atoms with van der Waals surface area (Å²) in [6, 6.07) is 0. The molecule has 0 aromatic rings. The Hall–Kier alpha value is -0.620. The molecule has 2 atom stereocenters. The van der Waals surface area contributed by atoms with E-state index in [-0.39, 0.29) is 12.7 Å². The van der Waals surface area contributed by atoms with Crippen molar-refractivity contribution in [2.75, 3.05) is 26.3 Å². The van der Waals surface area contributed by atoms with Gasteiger partial charge in [-0.1, -0.05) is 27.4 Å². The molecule has 1 spiro atoms. The van der Waals surface area contributed by atoms with Crippen LogP contribution < -0.4 is 0 Å². The summed E-state index contributed by atoms with van der Waals surface area (Å²) in [6.45, 7) is 12.0. The van der Waals surface area contributed by atoms with Gasteiger partial charge in [-0.15, -0.1) is 0 Å². The molecule has 2 rings (SSSR count). The van der Waals surface area contributed by atoms with E-state index in [4.69, 9.17) is 14.6 Å². The maximum Gasteiger partial charge on any atom is 0.169 e. The lowest BCUT2D eigenvalue weighted by Gasteiger charge is -2.41. The standard InChI is InChI=1S/C18H33NO4/c1-5-19(10-15(21)12-20)11-16-13-22-18(23-16)8-6-14(7-9-18)17(2,3)4/h5,14-16,20-21H,1,6-13H2,2-4H3. The van der Waals surface area contributed by atoms with Crippen LogP contribution in [0.1, 0.15) is 46.5 Å². The van der Waals surface area contributed by atoms with E-state index < -0.39 is 11.9 Å². The molecule has 0 radical (unpaired) electrons. The van der Waals surface area contributed by atoms with E-state index in [1.165, 1.54) is 0 Å². The van der Waals surface area contributed by atoms with Gasteiger partial charge in [-0.25, -0.2) is 0 Å². The molecule has 1 heterocycles. The third-order valence-electron chi connectivity index (χ3n) is 5.24. The van der Waals surface area contributed by atoms with Crippen LogP contribution in [0.3, 0.4) is 0 Å². The molecule has 1 aliphatic heterocycles. The highest BCUT2D eigenvalue weighted by Crippen LogP contribution is 2.45. The fourth-order valence-corrected chi connectivity index (χ4v) is 3.71. The van der Waals surface area contributed by atoms with Crippen molar-refractivity contribution in [3.05, 3.63) is 12.8 Å². The van der Waals surface area contributed by atoms with E-state index in [9.17, 15) is 5.11 Å². The van der Waals surface area contributed by atoms with Gasteiger partial charge in [0, 0.05) is 25.9 Å². The number of aliphatic hydroxyl groups excluding tert-OH is 2. The summed E-state index contributed by atoms with van der Waals surface area (Å²) in [7, 11) is 0. The Balaban J connectivity index is 1.83. The Morgan fingerprint density at radius 3 is 2.52 bits per heavy atom. The fourth-order valence-electron chi connectivity index (χ4n) is 3.71. The van der Waals surface area contributed by atoms with Gasteiger partial charge in [0.2, 0.25) is 0 Å². The normalized spacial score (nSPS) is 32.9. The maximum absolute atomic E-state index is 9.57. The smallest absolute Gasteiger partial charge is 0.169 e. The first-order chi connectivity index (χ1) is 10.8. The maximum atomic E-state index is 9.57. The number of ether oxygens (including phenoxy) is 2. The van der Waals surface area contributed by atoms with Crippen molar-refractivity contribution >= 4 is 0 Å². The van der Waals surface area contributed by atoms with Crippen molar-refractivity contribution in [3.63, 3.8) is 0 Å². The second-order valence-electron chi connectivity index (χ2n) is 8.07. The zero-order valence-corrected chi connectivity index (χ0v) is 14.8. The highest BCUT2D eigenvalue weighted by atomic mass is 16.7. The molecule has 1 saturated heterocycles. The summed E-state index contributed by atoms with van der Waals surface area (Å²) in [5.41, 5.74) is 0.347. The molecule has 1 aliphatic carbocycles. The lowest BCUT2D eigenvalue weighted by Crippen LogP contribution is -2.40. The predicted molar refractivity (Wildman–Crippen MR) is 89.8 cm³/mol. The van der Waals surface area contributed by atoms with E-state index in [0.717, 1.165) is 31.6 Å². The van der Waals surface area contributed by atoms with Crippen molar-refractivity contribution in [1.29, 1.82) is 0 Å². The molecule has 0 aromatic heterocycles. The van der Waals surface area contributed by atoms with E-state index in [1.54, 1.807) is 6.20 Å². The average Bonchev–Trinajstić information content (AvgIpc) is 2.88. The van der Waals surface area contributed by atoms with Gasteiger partial charge in [-0.3, -0.25) is 0 Å². The van der Waals surface area contributed by atoms with Crippen LogP contribution >= 0.6 is 0 Å². The topological polar surface area (TPSA) is 62.2 Å². The second kappa shape index (κ2) is 7.51. The molecule has 0 amide bonds. The Morgan fingerprint density at radius 2 is 2.00 bits per heavy atom. The predicted octanol–water partition coefficient (Wildman–Crippen LogP) is 2.13. The zero-order chi connectivity index (χ0) is 17.1. The van der Waals surface area contributed by atoms with Crippen LogP contribution in [0.5, 0.6) is 0 Å². The van der Waals surface area contributed by atoms with Crippen LogP contribution in [0.15, 0.2) is 12.8 Å². The van der Waals surface area contributed by atoms with E-state index in [2.05, 4.69) is 27.4 Å². The number of hydrogen-bond acceptors (Lipinski definition) is 5. The minimum absolute atomic E-state index is 0.00919. The van der Waals surface area contributed by atoms with E-state index in [0.29, 0.717) is 25.1 Å². The van der Waals surface area contributed by atoms with Crippen LogP contribution in [0, 0.1) is 11.3 Å². The van der Waals surface area contributed by atoms with Gasteiger partial charge in [0.05, 0.1) is 19.3 Å². The van der Waals surface area contributed by atoms with Gasteiger partial charge in [0.25, 0.3) is 0 Å². The summed E-state index contributed by atoms with van der Waals surface area (Å²) in [6.07, 6.45) is 5.12. The number of nitrogens with zero attached hydrogens (tertiary/aromatic N) is 1. The molecule has 2 fully saturated rings. The molecule has 2 N–H and O–H groups in total. The lowest BCUT2D eigenvalue weighted by molar-refractivity contribution is -0.197. The highest BCUT2D eigenvalue weighted by Gasteiger charge is 2.46. The van der Waals surface area contributed by atoms with Gasteiger partial charge in [0.1, 0.15) is 6.10 Å². The molecular weight excluding hydrogens is 294 g/mol. The number of aliphatic hydroxyl groups is 2. The van der Waals surface area contributed by atoms with E-state index in [1.807, 2.05) is 4.90 Å². The first-order valence-corrected chi connectivity index (χ1v) is 8.75. The van der Waals surface area contributed by atoms with Crippen molar-refractivity contribution in [1.82, 2.24) is 4.90 Å². The van der Waals surface area contributed by atoms with Crippen LogP contribution in [0.2, 0.25) is 0 Å². The summed E-state index contributed by atoms with van der Waals surface area (Å²) < 4.78 is 12.3.